The van der Waals surface area contributed by atoms with E-state index in [0.29, 0.717) is 19.3 Å². The minimum absolute atomic E-state index is 0.173. The number of hydrogen-bond donors (Lipinski definition) is 8. The zero-order chi connectivity index (χ0) is 24.3. The van der Waals surface area contributed by atoms with Gasteiger partial charge in [-0.3, -0.25) is 0 Å². The second kappa shape index (κ2) is 11.8. The zero-order valence-corrected chi connectivity index (χ0v) is 18.2. The molecule has 3 rings (SSSR count). The van der Waals surface area contributed by atoms with E-state index in [1.54, 1.807) is 6.08 Å². The highest BCUT2D eigenvalue weighted by molar-refractivity contribution is 4.93. The number of aliphatic hydroxyl groups excluding tert-OH is 8. The second-order valence-electron chi connectivity index (χ2n) is 8.95. The predicted molar refractivity (Wildman–Crippen MR) is 109 cm³/mol. The van der Waals surface area contributed by atoms with Gasteiger partial charge in [-0.1, -0.05) is 6.08 Å². The van der Waals surface area contributed by atoms with E-state index in [9.17, 15) is 40.9 Å². The van der Waals surface area contributed by atoms with E-state index in [4.69, 9.17) is 18.9 Å². The number of hydrogen-bond acceptors (Lipinski definition) is 12. The molecular formula is C21H36O12. The summed E-state index contributed by atoms with van der Waals surface area (Å²) >= 11 is 0. The molecular weight excluding hydrogens is 444 g/mol. The molecule has 192 valence electrons. The normalized spacial score (nSPS) is 49.0. The molecule has 0 radical (unpaired) electrons. The van der Waals surface area contributed by atoms with Crippen molar-refractivity contribution in [2.24, 2.45) is 5.92 Å². The van der Waals surface area contributed by atoms with Crippen LogP contribution in [0.4, 0.5) is 0 Å². The van der Waals surface area contributed by atoms with Crippen LogP contribution < -0.4 is 0 Å². The molecule has 13 atom stereocenters. The molecule has 2 heterocycles. The van der Waals surface area contributed by atoms with Crippen LogP contribution in [0.2, 0.25) is 0 Å². The van der Waals surface area contributed by atoms with E-state index in [1.165, 1.54) is 0 Å². The monoisotopic (exact) mass is 480 g/mol. The highest BCUT2D eigenvalue weighted by Crippen LogP contribution is 2.35. The fourth-order valence-electron chi connectivity index (χ4n) is 4.64. The smallest absolute Gasteiger partial charge is 0.187 e. The lowest BCUT2D eigenvalue weighted by molar-refractivity contribution is -0.344. The van der Waals surface area contributed by atoms with E-state index >= 15 is 0 Å². The average molecular weight is 481 g/mol. The fourth-order valence-corrected chi connectivity index (χ4v) is 4.64. The lowest BCUT2D eigenvalue weighted by atomic mass is 9.83. The first kappa shape index (κ1) is 26.9. The maximum absolute atomic E-state index is 10.3. The van der Waals surface area contributed by atoms with Crippen molar-refractivity contribution in [3.8, 4) is 0 Å². The van der Waals surface area contributed by atoms with Gasteiger partial charge < -0.3 is 59.8 Å². The summed E-state index contributed by atoms with van der Waals surface area (Å²) in [4.78, 5) is 0. The molecule has 0 aromatic rings. The summed E-state index contributed by atoms with van der Waals surface area (Å²) in [6.45, 7) is 2.56. The first-order valence-corrected chi connectivity index (χ1v) is 11.2. The molecule has 0 aromatic carbocycles. The number of ether oxygens (including phenoxy) is 4. The van der Waals surface area contributed by atoms with Crippen molar-refractivity contribution in [1.82, 2.24) is 0 Å². The molecule has 0 amide bonds. The zero-order valence-electron chi connectivity index (χ0n) is 18.2. The quantitative estimate of drug-likeness (QED) is 0.162. The van der Waals surface area contributed by atoms with Gasteiger partial charge >= 0.3 is 0 Å². The van der Waals surface area contributed by atoms with Gasteiger partial charge in [-0.15, -0.1) is 6.58 Å². The third-order valence-corrected chi connectivity index (χ3v) is 6.65. The van der Waals surface area contributed by atoms with Crippen LogP contribution >= 0.6 is 0 Å². The van der Waals surface area contributed by atoms with E-state index in [1.807, 2.05) is 0 Å². The van der Waals surface area contributed by atoms with Gasteiger partial charge in [-0.25, -0.2) is 0 Å². The van der Waals surface area contributed by atoms with Crippen LogP contribution in [0.3, 0.4) is 0 Å². The van der Waals surface area contributed by atoms with E-state index in [2.05, 4.69) is 6.58 Å². The predicted octanol–water partition coefficient (Wildman–Crippen LogP) is -3.27. The van der Waals surface area contributed by atoms with E-state index in [0.717, 1.165) is 6.42 Å². The minimum Gasteiger partial charge on any atom is -0.394 e. The van der Waals surface area contributed by atoms with Crippen LogP contribution in [0.25, 0.3) is 0 Å². The van der Waals surface area contributed by atoms with Crippen molar-refractivity contribution in [2.45, 2.75) is 99.3 Å². The van der Waals surface area contributed by atoms with Crippen molar-refractivity contribution in [3.63, 3.8) is 0 Å². The topological polar surface area (TPSA) is 199 Å². The Labute approximate surface area is 191 Å². The van der Waals surface area contributed by atoms with Gasteiger partial charge in [0.1, 0.15) is 48.8 Å². The van der Waals surface area contributed by atoms with E-state index in [-0.39, 0.29) is 5.92 Å². The third kappa shape index (κ3) is 5.92. The average Bonchev–Trinajstić information content (AvgIpc) is 2.81. The highest BCUT2D eigenvalue weighted by atomic mass is 16.7. The molecule has 33 heavy (non-hydrogen) atoms. The Kier molecular flexibility index (Phi) is 9.60. The summed E-state index contributed by atoms with van der Waals surface area (Å²) in [6.07, 6.45) is -11.7. The van der Waals surface area contributed by atoms with Gasteiger partial charge in [-0.2, -0.15) is 0 Å². The molecule has 0 spiro atoms. The summed E-state index contributed by atoms with van der Waals surface area (Å²) in [7, 11) is 0. The van der Waals surface area contributed by atoms with Crippen LogP contribution in [0.1, 0.15) is 25.7 Å². The first-order chi connectivity index (χ1) is 15.7. The van der Waals surface area contributed by atoms with E-state index < -0.39 is 86.8 Å². The van der Waals surface area contributed by atoms with Crippen LogP contribution in [0.15, 0.2) is 12.7 Å². The maximum Gasteiger partial charge on any atom is 0.187 e. The SMILES string of the molecule is C=CCC1CCC(O[C@@H]2O[C@H](CO)[C@@H](O)[C@H](O)[C@H]2O)C(O[C@@H]2O[C@H](CO)[C@@H](O)[C@H](O)[C@H]2O)C1. The summed E-state index contributed by atoms with van der Waals surface area (Å²) in [5.41, 5.74) is 0. The maximum atomic E-state index is 10.3. The molecule has 12 nitrogen and oxygen atoms in total. The van der Waals surface area contributed by atoms with Gasteiger partial charge in [-0.05, 0) is 31.6 Å². The number of allylic oxidation sites excluding steroid dienone is 1. The minimum atomic E-state index is -1.60. The molecule has 8 N–H and O–H groups in total. The van der Waals surface area contributed by atoms with Gasteiger partial charge in [0, 0.05) is 0 Å². The van der Waals surface area contributed by atoms with Gasteiger partial charge in [0.2, 0.25) is 0 Å². The Morgan fingerprint density at radius 3 is 1.64 bits per heavy atom. The Balaban J connectivity index is 1.73. The third-order valence-electron chi connectivity index (χ3n) is 6.65. The van der Waals surface area contributed by atoms with Crippen molar-refractivity contribution in [3.05, 3.63) is 12.7 Å². The van der Waals surface area contributed by atoms with Crippen LogP contribution in [-0.2, 0) is 18.9 Å². The van der Waals surface area contributed by atoms with Crippen LogP contribution in [-0.4, -0.2) is 128 Å². The standard InChI is InChI=1S/C21H36O12/c1-2-3-9-4-5-10(30-20-18(28)16(26)14(24)12(7-22)32-20)11(6-9)31-21-19(29)17(27)15(25)13(8-23)33-21/h2,9-29H,1,3-8H2/t9?,10?,11?,12-,13-,14-,15-,16+,17+,18-,19-,20-,21-/m1/s1. The molecule has 2 saturated heterocycles. The molecule has 3 aliphatic rings. The molecule has 0 bridgehead atoms. The Bertz CT molecular complexity index is 618. The van der Waals surface area contributed by atoms with Crippen molar-refractivity contribution in [2.75, 3.05) is 13.2 Å². The molecule has 3 fully saturated rings. The summed E-state index contributed by atoms with van der Waals surface area (Å²) in [5, 5.41) is 79.5. The van der Waals surface area contributed by atoms with Crippen molar-refractivity contribution >= 4 is 0 Å². The Morgan fingerprint density at radius 2 is 1.18 bits per heavy atom. The van der Waals surface area contributed by atoms with Crippen LogP contribution in [0, 0.1) is 5.92 Å². The first-order valence-electron chi connectivity index (χ1n) is 11.2. The summed E-state index contributed by atoms with van der Waals surface area (Å²) < 4.78 is 22.8. The van der Waals surface area contributed by atoms with Crippen molar-refractivity contribution < 1.29 is 59.8 Å². The molecule has 2 aliphatic heterocycles. The number of rotatable bonds is 8. The van der Waals surface area contributed by atoms with Crippen LogP contribution in [0.5, 0.6) is 0 Å². The molecule has 3 unspecified atom stereocenters. The largest absolute Gasteiger partial charge is 0.394 e. The van der Waals surface area contributed by atoms with Gasteiger partial charge in [0.05, 0.1) is 25.4 Å². The second-order valence-corrected chi connectivity index (χ2v) is 8.95. The molecule has 1 aliphatic carbocycles. The Hall–Kier alpha value is -0.740. The lowest BCUT2D eigenvalue weighted by Crippen LogP contribution is -2.61. The van der Waals surface area contributed by atoms with Gasteiger partial charge in [0.15, 0.2) is 12.6 Å². The highest BCUT2D eigenvalue weighted by Gasteiger charge is 2.48. The number of aliphatic hydroxyl groups is 8. The fraction of sp³-hybridized carbons (Fsp3) is 0.905. The molecule has 0 aromatic heterocycles. The van der Waals surface area contributed by atoms with Crippen molar-refractivity contribution in [1.29, 1.82) is 0 Å². The summed E-state index contributed by atoms with van der Waals surface area (Å²) in [6, 6.07) is 0. The Morgan fingerprint density at radius 1 is 0.697 bits per heavy atom. The molecule has 12 heteroatoms. The van der Waals surface area contributed by atoms with Gasteiger partial charge in [0.25, 0.3) is 0 Å². The molecule has 1 saturated carbocycles. The lowest BCUT2D eigenvalue weighted by Gasteiger charge is -2.45. The summed E-state index contributed by atoms with van der Waals surface area (Å²) in [5.74, 6) is 0.173.